The van der Waals surface area contributed by atoms with Crippen molar-refractivity contribution in [2.45, 2.75) is 6.42 Å². The van der Waals surface area contributed by atoms with Gasteiger partial charge in [-0.2, -0.15) is 0 Å². The van der Waals surface area contributed by atoms with E-state index in [1.165, 1.54) is 44.5 Å². The molecule has 2 nitrogen and oxygen atoms in total. The highest BCUT2D eigenvalue weighted by Crippen LogP contribution is 2.46. The lowest BCUT2D eigenvalue weighted by Gasteiger charge is -2.09. The fourth-order valence-corrected chi connectivity index (χ4v) is 10.0. The van der Waals surface area contributed by atoms with Crippen molar-refractivity contribution in [2.24, 2.45) is 0 Å². The van der Waals surface area contributed by atoms with E-state index < -0.39 is 0 Å². The lowest BCUT2D eigenvalue weighted by Crippen LogP contribution is -1.84. The smallest absolute Gasteiger partial charge is 0.143 e. The van der Waals surface area contributed by atoms with Crippen molar-refractivity contribution < 1.29 is 8.83 Å². The van der Waals surface area contributed by atoms with Crippen LogP contribution >= 0.6 is 0 Å². The molecule has 1 aliphatic carbocycles. The molecular formula is C61H38O2. The normalized spacial score (nSPS) is 12.1. The largest absolute Gasteiger partial charge is 0.455 e. The molecule has 0 saturated heterocycles. The monoisotopic (exact) mass is 802 g/mol. The Morgan fingerprint density at radius 3 is 0.921 bits per heavy atom. The van der Waals surface area contributed by atoms with Gasteiger partial charge < -0.3 is 8.83 Å². The van der Waals surface area contributed by atoms with Crippen molar-refractivity contribution in [2.75, 3.05) is 0 Å². The second kappa shape index (κ2) is 14.2. The van der Waals surface area contributed by atoms with Crippen LogP contribution in [0.3, 0.4) is 0 Å². The zero-order valence-corrected chi connectivity index (χ0v) is 34.3. The lowest BCUT2D eigenvalue weighted by atomic mass is 9.94. The van der Waals surface area contributed by atoms with Gasteiger partial charge in [-0.1, -0.05) is 194 Å². The highest BCUT2D eigenvalue weighted by Gasteiger charge is 2.23. The van der Waals surface area contributed by atoms with E-state index in [0.29, 0.717) is 0 Å². The molecule has 0 amide bonds. The lowest BCUT2D eigenvalue weighted by molar-refractivity contribution is 0.670. The van der Waals surface area contributed by atoms with E-state index in [1.807, 2.05) is 0 Å². The Morgan fingerprint density at radius 1 is 0.222 bits per heavy atom. The molecule has 13 rings (SSSR count). The summed E-state index contributed by atoms with van der Waals surface area (Å²) in [6, 6.07) is 78.6. The topological polar surface area (TPSA) is 26.3 Å². The van der Waals surface area contributed by atoms with Gasteiger partial charge >= 0.3 is 0 Å². The maximum Gasteiger partial charge on any atom is 0.143 e. The SMILES string of the molecule is c1ccc(-c2cccc(-c3cccc4c3oc3c(-c5ccc6c(c5)-c5cc(-c7cccc8c7oc7c(-c9cccc(-c%10ccccc%10)c9)cccc78)ccc5C6)cccc34)c2)cc1. The molecule has 0 fully saturated rings. The van der Waals surface area contributed by atoms with Crippen LogP contribution in [0, 0.1) is 0 Å². The van der Waals surface area contributed by atoms with Crippen LogP contribution < -0.4 is 0 Å². The number of benzene rings is 10. The second-order valence-corrected chi connectivity index (χ2v) is 16.7. The molecule has 2 heteroatoms. The average molecular weight is 803 g/mol. The molecule has 0 saturated carbocycles. The molecule has 0 radical (unpaired) electrons. The zero-order chi connectivity index (χ0) is 41.4. The molecule has 0 atom stereocenters. The summed E-state index contributed by atoms with van der Waals surface area (Å²) in [6.07, 6.45) is 0.908. The summed E-state index contributed by atoms with van der Waals surface area (Å²) in [5.41, 5.74) is 22.6. The van der Waals surface area contributed by atoms with Crippen molar-refractivity contribution in [3.8, 4) is 77.9 Å². The molecule has 0 aliphatic heterocycles. The maximum atomic E-state index is 6.95. The zero-order valence-electron chi connectivity index (χ0n) is 34.3. The number of fused-ring (bicyclic) bond motifs is 9. The van der Waals surface area contributed by atoms with Crippen LogP contribution in [0.25, 0.3) is 122 Å². The maximum absolute atomic E-state index is 6.95. The van der Waals surface area contributed by atoms with Crippen LogP contribution in [0.1, 0.15) is 11.1 Å². The van der Waals surface area contributed by atoms with E-state index in [4.69, 9.17) is 8.83 Å². The Hall–Kier alpha value is -8.20. The van der Waals surface area contributed by atoms with Gasteiger partial charge in [0.25, 0.3) is 0 Å². The quantitative estimate of drug-likeness (QED) is 0.167. The first-order valence-corrected chi connectivity index (χ1v) is 21.7. The number of furan rings is 2. The van der Waals surface area contributed by atoms with Crippen LogP contribution in [-0.4, -0.2) is 0 Å². The minimum Gasteiger partial charge on any atom is -0.455 e. The molecule has 0 unspecified atom stereocenters. The van der Waals surface area contributed by atoms with Gasteiger partial charge in [0.2, 0.25) is 0 Å². The standard InChI is InChI=1S/C61H38O2/c1-3-13-38(14-4-1)40-17-7-19-42(33-40)48-21-9-25-52-54-27-11-23-50(60(54)62-58(48)52)46-31-29-44-35-45-30-32-47(37-57(45)56(44)36-46)51-24-12-28-55-53-26-10-22-49(59(53)63-61(51)55)43-20-8-18-41(34-43)39-15-5-2-6-16-39/h1-34,36-37H,35H2. The highest BCUT2D eigenvalue weighted by molar-refractivity contribution is 6.14. The number of hydrogen-bond donors (Lipinski definition) is 0. The van der Waals surface area contributed by atoms with Gasteiger partial charge in [0, 0.05) is 43.8 Å². The van der Waals surface area contributed by atoms with Gasteiger partial charge in [-0.3, -0.25) is 0 Å². The molecule has 2 heterocycles. The van der Waals surface area contributed by atoms with E-state index in [0.717, 1.165) is 94.8 Å². The van der Waals surface area contributed by atoms with Crippen LogP contribution in [0.5, 0.6) is 0 Å². The van der Waals surface area contributed by atoms with Gasteiger partial charge in [0.05, 0.1) is 0 Å². The fraction of sp³-hybridized carbons (Fsp3) is 0.0164. The Balaban J connectivity index is 0.890. The summed E-state index contributed by atoms with van der Waals surface area (Å²) >= 11 is 0. The number of para-hydroxylation sites is 4. The van der Waals surface area contributed by atoms with Crippen molar-refractivity contribution in [3.63, 3.8) is 0 Å². The van der Waals surface area contributed by atoms with Gasteiger partial charge in [-0.05, 0) is 97.4 Å². The summed E-state index contributed by atoms with van der Waals surface area (Å²) in [7, 11) is 0. The Labute approximate surface area is 365 Å². The second-order valence-electron chi connectivity index (χ2n) is 16.7. The Bertz CT molecular complexity index is 3510. The van der Waals surface area contributed by atoms with E-state index in [9.17, 15) is 0 Å². The molecule has 1 aliphatic rings. The molecule has 63 heavy (non-hydrogen) atoms. The van der Waals surface area contributed by atoms with Gasteiger partial charge in [-0.15, -0.1) is 0 Å². The van der Waals surface area contributed by atoms with Crippen molar-refractivity contribution in [1.82, 2.24) is 0 Å². The number of rotatable bonds is 6. The molecule has 2 aromatic heterocycles. The predicted octanol–water partition coefficient (Wildman–Crippen LogP) is 17.1. The summed E-state index contributed by atoms with van der Waals surface area (Å²) in [6.45, 7) is 0. The molecule has 12 aromatic rings. The van der Waals surface area contributed by atoms with E-state index in [2.05, 4.69) is 218 Å². The van der Waals surface area contributed by atoms with Crippen LogP contribution in [0.15, 0.2) is 227 Å². The van der Waals surface area contributed by atoms with Crippen LogP contribution in [0.2, 0.25) is 0 Å². The van der Waals surface area contributed by atoms with Gasteiger partial charge in [-0.25, -0.2) is 0 Å². The molecule has 0 bridgehead atoms. The van der Waals surface area contributed by atoms with Crippen molar-refractivity contribution in [1.29, 1.82) is 0 Å². The summed E-state index contributed by atoms with van der Waals surface area (Å²) in [5, 5.41) is 4.49. The molecule has 0 N–H and O–H groups in total. The highest BCUT2D eigenvalue weighted by atomic mass is 16.3. The Morgan fingerprint density at radius 2 is 0.540 bits per heavy atom. The molecule has 294 valence electrons. The third kappa shape index (κ3) is 5.80. The Kier molecular flexibility index (Phi) is 8.01. The minimum atomic E-state index is 0.908. The molecule has 10 aromatic carbocycles. The fourth-order valence-electron chi connectivity index (χ4n) is 10.0. The van der Waals surface area contributed by atoms with Gasteiger partial charge in [0.15, 0.2) is 0 Å². The third-order valence-corrected chi connectivity index (χ3v) is 13.1. The minimum absolute atomic E-state index is 0.908. The predicted molar refractivity (Wildman–Crippen MR) is 262 cm³/mol. The van der Waals surface area contributed by atoms with Crippen LogP contribution in [0.4, 0.5) is 0 Å². The summed E-state index contributed by atoms with van der Waals surface area (Å²) < 4.78 is 13.9. The average Bonchev–Trinajstić information content (AvgIpc) is 4.06. The van der Waals surface area contributed by atoms with Crippen molar-refractivity contribution in [3.05, 3.63) is 230 Å². The first-order valence-electron chi connectivity index (χ1n) is 21.7. The molecular weight excluding hydrogens is 765 g/mol. The molecule has 0 spiro atoms. The first kappa shape index (κ1) is 35.5. The van der Waals surface area contributed by atoms with E-state index in [1.54, 1.807) is 0 Å². The third-order valence-electron chi connectivity index (χ3n) is 13.1. The summed E-state index contributed by atoms with van der Waals surface area (Å²) in [4.78, 5) is 0. The van der Waals surface area contributed by atoms with E-state index in [-0.39, 0.29) is 0 Å². The number of hydrogen-bond acceptors (Lipinski definition) is 2. The van der Waals surface area contributed by atoms with Gasteiger partial charge in [0.1, 0.15) is 22.3 Å². The van der Waals surface area contributed by atoms with Crippen molar-refractivity contribution >= 4 is 43.9 Å². The van der Waals surface area contributed by atoms with Crippen LogP contribution in [-0.2, 0) is 6.42 Å². The summed E-state index contributed by atoms with van der Waals surface area (Å²) in [5.74, 6) is 0. The first-order chi connectivity index (χ1) is 31.2. The van der Waals surface area contributed by atoms with E-state index >= 15 is 0 Å².